The quantitative estimate of drug-likeness (QED) is 0.923. The minimum absolute atomic E-state index is 0.239. The van der Waals surface area contributed by atoms with Gasteiger partial charge < -0.3 is 10.2 Å². The highest BCUT2D eigenvalue weighted by atomic mass is 16.2. The Labute approximate surface area is 127 Å². The number of hydrogen-bond acceptors (Lipinski definition) is 2. The summed E-state index contributed by atoms with van der Waals surface area (Å²) >= 11 is 0. The van der Waals surface area contributed by atoms with Crippen LogP contribution in [0.2, 0.25) is 0 Å². The highest BCUT2D eigenvalue weighted by Gasteiger charge is 2.28. The van der Waals surface area contributed by atoms with Crippen molar-refractivity contribution in [1.29, 1.82) is 0 Å². The smallest absolute Gasteiger partial charge is 0.231 e. The van der Waals surface area contributed by atoms with E-state index in [0.29, 0.717) is 12.5 Å². The van der Waals surface area contributed by atoms with Gasteiger partial charge in [-0.1, -0.05) is 32.0 Å². The number of nitrogens with one attached hydrogen (secondary N) is 1. The molecule has 3 atom stereocenters. The number of hydrogen-bond donors (Lipinski definition) is 1. The maximum absolute atomic E-state index is 12.1. The van der Waals surface area contributed by atoms with Crippen molar-refractivity contribution in [3.8, 4) is 0 Å². The Morgan fingerprint density at radius 3 is 2.86 bits per heavy atom. The second-order valence-corrected chi connectivity index (χ2v) is 6.81. The lowest BCUT2D eigenvalue weighted by molar-refractivity contribution is -0.117. The van der Waals surface area contributed by atoms with Crippen molar-refractivity contribution >= 4 is 11.6 Å². The number of benzene rings is 1. The Kier molecular flexibility index (Phi) is 4.29. The molecule has 1 N–H and O–H groups in total. The molecule has 3 nitrogen and oxygen atoms in total. The molecule has 1 aliphatic carbocycles. The van der Waals surface area contributed by atoms with Crippen LogP contribution < -0.4 is 10.2 Å². The number of carbonyl (C=O) groups excluding carboxylic acids is 1. The first-order chi connectivity index (χ1) is 10.1. The fourth-order valence-corrected chi connectivity index (χ4v) is 3.89. The second-order valence-electron chi connectivity index (χ2n) is 6.81. The highest BCUT2D eigenvalue weighted by Crippen LogP contribution is 2.29. The van der Waals surface area contributed by atoms with Crippen molar-refractivity contribution in [2.45, 2.75) is 45.6 Å². The zero-order valence-corrected chi connectivity index (χ0v) is 13.1. The first-order valence-electron chi connectivity index (χ1n) is 8.27. The molecule has 1 fully saturated rings. The number of para-hydroxylation sites is 1. The van der Waals surface area contributed by atoms with E-state index in [1.807, 2.05) is 17.0 Å². The van der Waals surface area contributed by atoms with Gasteiger partial charge in [-0.3, -0.25) is 4.79 Å². The molecule has 1 aliphatic heterocycles. The van der Waals surface area contributed by atoms with E-state index in [1.54, 1.807) is 0 Å². The fraction of sp³-hybridized carbons (Fsp3) is 0.611. The van der Waals surface area contributed by atoms with E-state index < -0.39 is 0 Å². The molecule has 114 valence electrons. The molecule has 0 aromatic heterocycles. The standard InChI is InChI=1S/C18H26N2O/c1-13-7-8-16(14(2)11-13)19-9-10-20-17-6-4-3-5-15(17)12-18(20)21/h3-6,13-14,16,19H,7-12H2,1-2H3/t13-,14+,16-/m1/s1. The van der Waals surface area contributed by atoms with Gasteiger partial charge in [0.15, 0.2) is 0 Å². The molecule has 1 amide bonds. The van der Waals surface area contributed by atoms with Gasteiger partial charge in [0.05, 0.1) is 6.42 Å². The third kappa shape index (κ3) is 3.13. The van der Waals surface area contributed by atoms with Gasteiger partial charge in [-0.05, 0) is 42.7 Å². The lowest BCUT2D eigenvalue weighted by Gasteiger charge is -2.33. The zero-order chi connectivity index (χ0) is 14.8. The van der Waals surface area contributed by atoms with Gasteiger partial charge in [0.1, 0.15) is 0 Å². The molecule has 21 heavy (non-hydrogen) atoms. The predicted molar refractivity (Wildman–Crippen MR) is 86.5 cm³/mol. The molecule has 0 bridgehead atoms. The summed E-state index contributed by atoms with van der Waals surface area (Å²) in [5.74, 6) is 1.85. The third-order valence-corrected chi connectivity index (χ3v) is 5.10. The average Bonchev–Trinajstić information content (AvgIpc) is 2.77. The van der Waals surface area contributed by atoms with Crippen LogP contribution in [0.5, 0.6) is 0 Å². The normalized spacial score (nSPS) is 28.8. The van der Waals surface area contributed by atoms with Crippen molar-refractivity contribution < 1.29 is 4.79 Å². The van der Waals surface area contributed by atoms with Crippen LogP contribution in [0.15, 0.2) is 24.3 Å². The minimum atomic E-state index is 0.239. The maximum atomic E-state index is 12.1. The summed E-state index contributed by atoms with van der Waals surface area (Å²) in [4.78, 5) is 14.1. The SMILES string of the molecule is C[C@@H]1CC[C@@H](NCCN2C(=O)Cc3ccccc32)[C@@H](C)C1. The number of nitrogens with zero attached hydrogens (tertiary/aromatic N) is 1. The van der Waals surface area contributed by atoms with Crippen LogP contribution in [-0.4, -0.2) is 25.0 Å². The lowest BCUT2D eigenvalue weighted by atomic mass is 9.80. The zero-order valence-electron chi connectivity index (χ0n) is 13.1. The monoisotopic (exact) mass is 286 g/mol. The van der Waals surface area contributed by atoms with Gasteiger partial charge in [0, 0.05) is 24.8 Å². The molecule has 0 saturated heterocycles. The maximum Gasteiger partial charge on any atom is 0.231 e. The molecule has 0 radical (unpaired) electrons. The van der Waals surface area contributed by atoms with Crippen LogP contribution in [0.1, 0.15) is 38.7 Å². The van der Waals surface area contributed by atoms with Crippen molar-refractivity contribution in [3.63, 3.8) is 0 Å². The highest BCUT2D eigenvalue weighted by molar-refractivity contribution is 6.01. The predicted octanol–water partition coefficient (Wildman–Crippen LogP) is 2.99. The Balaban J connectivity index is 1.53. The fourth-order valence-electron chi connectivity index (χ4n) is 3.89. The molecule has 3 rings (SSSR count). The minimum Gasteiger partial charge on any atom is -0.312 e. The van der Waals surface area contributed by atoms with E-state index in [1.165, 1.54) is 24.8 Å². The van der Waals surface area contributed by atoms with Crippen molar-refractivity contribution in [2.24, 2.45) is 11.8 Å². The molecule has 0 unspecified atom stereocenters. The number of rotatable bonds is 4. The van der Waals surface area contributed by atoms with Crippen LogP contribution in [0.25, 0.3) is 0 Å². The molecule has 1 aromatic rings. The van der Waals surface area contributed by atoms with E-state index in [0.717, 1.165) is 30.6 Å². The number of anilines is 1. The van der Waals surface area contributed by atoms with Gasteiger partial charge in [0.25, 0.3) is 0 Å². The second kappa shape index (κ2) is 6.18. The Morgan fingerprint density at radius 1 is 1.24 bits per heavy atom. The molecule has 1 heterocycles. The summed E-state index contributed by atoms with van der Waals surface area (Å²) in [7, 11) is 0. The van der Waals surface area contributed by atoms with Gasteiger partial charge in [-0.2, -0.15) is 0 Å². The van der Waals surface area contributed by atoms with Gasteiger partial charge in [-0.15, -0.1) is 0 Å². The van der Waals surface area contributed by atoms with Crippen LogP contribution in [0.4, 0.5) is 5.69 Å². The molecule has 1 saturated carbocycles. The molecule has 3 heteroatoms. The summed E-state index contributed by atoms with van der Waals surface area (Å²) in [6.07, 6.45) is 4.48. The van der Waals surface area contributed by atoms with Crippen LogP contribution in [0, 0.1) is 11.8 Å². The largest absolute Gasteiger partial charge is 0.312 e. The summed E-state index contributed by atoms with van der Waals surface area (Å²) < 4.78 is 0. The molecular weight excluding hydrogens is 260 g/mol. The first-order valence-corrected chi connectivity index (χ1v) is 8.27. The van der Waals surface area contributed by atoms with Crippen molar-refractivity contribution in [3.05, 3.63) is 29.8 Å². The third-order valence-electron chi connectivity index (χ3n) is 5.10. The van der Waals surface area contributed by atoms with E-state index in [2.05, 4.69) is 31.3 Å². The lowest BCUT2D eigenvalue weighted by Crippen LogP contribution is -2.43. The number of fused-ring (bicyclic) bond motifs is 1. The van der Waals surface area contributed by atoms with Crippen LogP contribution in [0.3, 0.4) is 0 Å². The Hall–Kier alpha value is -1.35. The van der Waals surface area contributed by atoms with E-state index >= 15 is 0 Å². The van der Waals surface area contributed by atoms with Crippen LogP contribution in [-0.2, 0) is 11.2 Å². The van der Waals surface area contributed by atoms with Gasteiger partial charge >= 0.3 is 0 Å². The van der Waals surface area contributed by atoms with E-state index in [-0.39, 0.29) is 5.91 Å². The van der Waals surface area contributed by atoms with Crippen LogP contribution >= 0.6 is 0 Å². The topological polar surface area (TPSA) is 32.3 Å². The summed E-state index contributed by atoms with van der Waals surface area (Å²) in [5.41, 5.74) is 2.27. The molecule has 1 aromatic carbocycles. The first kappa shape index (κ1) is 14.6. The molecular formula is C18H26N2O. The van der Waals surface area contributed by atoms with Gasteiger partial charge in [-0.25, -0.2) is 0 Å². The molecule has 2 aliphatic rings. The number of amides is 1. The Morgan fingerprint density at radius 2 is 2.05 bits per heavy atom. The van der Waals surface area contributed by atoms with Gasteiger partial charge in [0.2, 0.25) is 5.91 Å². The summed E-state index contributed by atoms with van der Waals surface area (Å²) in [6.45, 7) is 6.38. The van der Waals surface area contributed by atoms with Crippen molar-refractivity contribution in [2.75, 3.05) is 18.0 Å². The Bertz CT molecular complexity index is 514. The summed E-state index contributed by atoms with van der Waals surface area (Å²) in [5, 5.41) is 3.68. The van der Waals surface area contributed by atoms with E-state index in [4.69, 9.17) is 0 Å². The van der Waals surface area contributed by atoms with E-state index in [9.17, 15) is 4.79 Å². The van der Waals surface area contributed by atoms with Crippen molar-refractivity contribution in [1.82, 2.24) is 5.32 Å². The average molecular weight is 286 g/mol. The summed E-state index contributed by atoms with van der Waals surface area (Å²) in [6, 6.07) is 8.77. The number of carbonyl (C=O) groups is 1. The molecule has 0 spiro atoms.